The summed E-state index contributed by atoms with van der Waals surface area (Å²) < 4.78 is 17.6. The number of fused-ring (bicyclic) bond motifs is 3. The maximum Gasteiger partial charge on any atom is 0.344 e. The van der Waals surface area contributed by atoms with E-state index in [1.165, 1.54) is 0 Å². The average Bonchev–Trinajstić information content (AvgIpc) is 2.86. The summed E-state index contributed by atoms with van der Waals surface area (Å²) in [7, 11) is 3.31. The molecular weight excluding hydrogens is 400 g/mol. The Kier molecular flexibility index (Phi) is 5.00. The van der Waals surface area contributed by atoms with E-state index >= 15 is 0 Å². The highest BCUT2D eigenvalue weighted by Crippen LogP contribution is 2.43. The van der Waals surface area contributed by atoms with E-state index in [0.29, 0.717) is 11.0 Å². The van der Waals surface area contributed by atoms with E-state index in [9.17, 15) is 4.79 Å². The van der Waals surface area contributed by atoms with E-state index < -0.39 is 5.60 Å². The first-order valence-corrected chi connectivity index (χ1v) is 10.4. The molecule has 0 radical (unpaired) electrons. The van der Waals surface area contributed by atoms with Crippen molar-refractivity contribution in [1.29, 1.82) is 0 Å². The Labute approximate surface area is 185 Å². The lowest BCUT2D eigenvalue weighted by molar-refractivity contribution is 0.0588. The van der Waals surface area contributed by atoms with Crippen molar-refractivity contribution in [3.05, 3.63) is 124 Å². The van der Waals surface area contributed by atoms with Crippen LogP contribution in [0, 0.1) is 0 Å². The number of para-hydroxylation sites is 1. The van der Waals surface area contributed by atoms with E-state index in [4.69, 9.17) is 13.9 Å². The Morgan fingerprint density at radius 3 is 1.97 bits per heavy atom. The smallest absolute Gasteiger partial charge is 0.344 e. The van der Waals surface area contributed by atoms with Crippen LogP contribution < -0.4 is 10.4 Å². The van der Waals surface area contributed by atoms with Crippen LogP contribution in [0.25, 0.3) is 21.7 Å². The molecule has 4 nitrogen and oxygen atoms in total. The third-order valence-corrected chi connectivity index (χ3v) is 6.01. The summed E-state index contributed by atoms with van der Waals surface area (Å²) in [5, 5.41) is 2.28. The summed E-state index contributed by atoms with van der Waals surface area (Å²) in [6.45, 7) is 0. The highest BCUT2D eigenvalue weighted by atomic mass is 16.5. The lowest BCUT2D eigenvalue weighted by Crippen LogP contribution is -2.32. The molecule has 0 N–H and O–H groups in total. The Balaban J connectivity index is 1.91. The van der Waals surface area contributed by atoms with Gasteiger partial charge in [-0.2, -0.15) is 0 Å². The molecule has 0 bridgehead atoms. The van der Waals surface area contributed by atoms with Crippen LogP contribution in [-0.4, -0.2) is 14.2 Å². The van der Waals surface area contributed by atoms with Crippen molar-refractivity contribution in [2.45, 2.75) is 5.60 Å². The van der Waals surface area contributed by atoms with Crippen molar-refractivity contribution in [3.63, 3.8) is 0 Å². The van der Waals surface area contributed by atoms with Crippen molar-refractivity contribution in [1.82, 2.24) is 0 Å². The molecule has 0 amide bonds. The molecule has 0 aliphatic carbocycles. The summed E-state index contributed by atoms with van der Waals surface area (Å²) in [6, 6.07) is 31.1. The Bertz CT molecular complexity index is 1450. The predicted molar refractivity (Wildman–Crippen MR) is 126 cm³/mol. The number of hydrogen-bond acceptors (Lipinski definition) is 4. The summed E-state index contributed by atoms with van der Waals surface area (Å²) in [5.41, 5.74) is 1.74. The van der Waals surface area contributed by atoms with Crippen molar-refractivity contribution < 1.29 is 13.9 Å². The summed E-state index contributed by atoms with van der Waals surface area (Å²) in [4.78, 5) is 12.9. The van der Waals surface area contributed by atoms with E-state index in [0.717, 1.165) is 33.2 Å². The standard InChI is InChI=1S/C28H22O4/c1-30-21-17-15-20(16-18-21)28(31-2,19-9-4-3-5-10-19)25-14-8-13-23-22-11-6-7-12-24(22)27(29)32-26(23)25/h3-18H,1-2H3. The fourth-order valence-electron chi connectivity index (χ4n) is 4.50. The monoisotopic (exact) mass is 422 g/mol. The quantitative estimate of drug-likeness (QED) is 0.201. The second kappa shape index (κ2) is 7.98. The molecule has 1 atom stereocenters. The third-order valence-electron chi connectivity index (χ3n) is 6.01. The number of ether oxygens (including phenoxy) is 2. The molecule has 0 aliphatic heterocycles. The molecule has 32 heavy (non-hydrogen) atoms. The fourth-order valence-corrected chi connectivity index (χ4v) is 4.50. The molecule has 0 spiro atoms. The average molecular weight is 422 g/mol. The van der Waals surface area contributed by atoms with Crippen molar-refractivity contribution >= 4 is 21.7 Å². The number of methoxy groups -OCH3 is 2. The maximum atomic E-state index is 12.9. The van der Waals surface area contributed by atoms with E-state index in [2.05, 4.69) is 0 Å². The van der Waals surface area contributed by atoms with Gasteiger partial charge in [0.05, 0.1) is 12.5 Å². The molecule has 0 saturated heterocycles. The van der Waals surface area contributed by atoms with Gasteiger partial charge in [-0.25, -0.2) is 4.79 Å². The zero-order valence-electron chi connectivity index (χ0n) is 17.9. The van der Waals surface area contributed by atoms with Crippen LogP contribution >= 0.6 is 0 Å². The van der Waals surface area contributed by atoms with Gasteiger partial charge >= 0.3 is 5.63 Å². The van der Waals surface area contributed by atoms with Crippen LogP contribution in [0.4, 0.5) is 0 Å². The van der Waals surface area contributed by atoms with Crippen LogP contribution in [-0.2, 0) is 10.3 Å². The first-order valence-electron chi connectivity index (χ1n) is 10.4. The van der Waals surface area contributed by atoms with Crippen LogP contribution in [0.5, 0.6) is 5.75 Å². The largest absolute Gasteiger partial charge is 0.497 e. The van der Waals surface area contributed by atoms with Gasteiger partial charge in [0.1, 0.15) is 16.9 Å². The Morgan fingerprint density at radius 2 is 1.28 bits per heavy atom. The van der Waals surface area contributed by atoms with Crippen LogP contribution in [0.3, 0.4) is 0 Å². The molecule has 1 unspecified atom stereocenters. The minimum atomic E-state index is -0.995. The van der Waals surface area contributed by atoms with Gasteiger partial charge in [-0.3, -0.25) is 0 Å². The van der Waals surface area contributed by atoms with E-state index in [1.54, 1.807) is 20.3 Å². The zero-order chi connectivity index (χ0) is 22.1. The molecule has 4 heteroatoms. The van der Waals surface area contributed by atoms with Crippen molar-refractivity contribution in [2.24, 2.45) is 0 Å². The summed E-state index contributed by atoms with van der Waals surface area (Å²) in [5.74, 6) is 0.752. The second-order valence-corrected chi connectivity index (χ2v) is 7.60. The Morgan fingerprint density at radius 1 is 0.656 bits per heavy atom. The number of hydrogen-bond donors (Lipinski definition) is 0. The molecule has 1 aromatic heterocycles. The van der Waals surface area contributed by atoms with Gasteiger partial charge in [0.25, 0.3) is 0 Å². The first-order chi connectivity index (χ1) is 15.7. The van der Waals surface area contributed by atoms with Gasteiger partial charge in [0, 0.05) is 18.1 Å². The minimum Gasteiger partial charge on any atom is -0.497 e. The number of rotatable bonds is 5. The highest BCUT2D eigenvalue weighted by molar-refractivity contribution is 6.05. The van der Waals surface area contributed by atoms with Gasteiger partial charge in [-0.15, -0.1) is 0 Å². The SMILES string of the molecule is COc1ccc(C(OC)(c2ccccc2)c2cccc3c2oc(=O)c2ccccc23)cc1. The topological polar surface area (TPSA) is 48.7 Å². The minimum absolute atomic E-state index is 0.367. The molecule has 1 heterocycles. The summed E-state index contributed by atoms with van der Waals surface area (Å²) >= 11 is 0. The maximum absolute atomic E-state index is 12.9. The first kappa shape index (κ1) is 20.0. The third kappa shape index (κ3) is 3.00. The molecule has 0 fully saturated rings. The van der Waals surface area contributed by atoms with Gasteiger partial charge < -0.3 is 13.9 Å². The molecule has 0 aliphatic rings. The van der Waals surface area contributed by atoms with E-state index in [1.807, 2.05) is 91.0 Å². The molecule has 5 rings (SSSR count). The molecule has 4 aromatic carbocycles. The van der Waals surface area contributed by atoms with Gasteiger partial charge in [0.2, 0.25) is 0 Å². The van der Waals surface area contributed by atoms with E-state index in [-0.39, 0.29) is 5.63 Å². The van der Waals surface area contributed by atoms with Gasteiger partial charge in [0.15, 0.2) is 0 Å². The Hall–Kier alpha value is -3.89. The van der Waals surface area contributed by atoms with Crippen LogP contribution in [0.1, 0.15) is 16.7 Å². The zero-order valence-corrected chi connectivity index (χ0v) is 17.9. The van der Waals surface area contributed by atoms with Gasteiger partial charge in [-0.05, 0) is 34.7 Å². The lowest BCUT2D eigenvalue weighted by atomic mass is 9.79. The summed E-state index contributed by atoms with van der Waals surface area (Å²) in [6.07, 6.45) is 0. The molecule has 158 valence electrons. The highest BCUT2D eigenvalue weighted by Gasteiger charge is 2.39. The predicted octanol–water partition coefficient (Wildman–Crippen LogP) is 5.89. The molecular formula is C28H22O4. The second-order valence-electron chi connectivity index (χ2n) is 7.60. The van der Waals surface area contributed by atoms with Crippen LogP contribution in [0.15, 0.2) is 106 Å². The fraction of sp³-hybridized carbons (Fsp3) is 0.107. The molecule has 0 saturated carbocycles. The lowest BCUT2D eigenvalue weighted by Gasteiger charge is -2.34. The van der Waals surface area contributed by atoms with Gasteiger partial charge in [-0.1, -0.05) is 78.9 Å². The van der Waals surface area contributed by atoms with Crippen molar-refractivity contribution in [3.8, 4) is 5.75 Å². The normalized spacial score (nSPS) is 13.2. The molecule has 5 aromatic rings. The van der Waals surface area contributed by atoms with Crippen LogP contribution in [0.2, 0.25) is 0 Å². The number of benzene rings is 4. The van der Waals surface area contributed by atoms with Crippen molar-refractivity contribution in [2.75, 3.05) is 14.2 Å².